The van der Waals surface area contributed by atoms with Gasteiger partial charge in [0.15, 0.2) is 0 Å². The van der Waals surface area contributed by atoms with Crippen LogP contribution in [0.15, 0.2) is 36.4 Å². The molecule has 2 rings (SSSR count). The van der Waals surface area contributed by atoms with Crippen LogP contribution in [0, 0.1) is 0 Å². The maximum Gasteiger partial charge on any atom is 0.319 e. The van der Waals surface area contributed by atoms with E-state index in [-0.39, 0.29) is 11.9 Å². The molecule has 0 bridgehead atoms. The van der Waals surface area contributed by atoms with Gasteiger partial charge < -0.3 is 15.5 Å². The molecular weight excluding hydrogens is 298 g/mol. The van der Waals surface area contributed by atoms with Gasteiger partial charge in [-0.1, -0.05) is 12.1 Å². The highest BCUT2D eigenvalue weighted by atomic mass is 32.1. The molecule has 1 aromatic carbocycles. The fourth-order valence-electron chi connectivity index (χ4n) is 1.88. The Morgan fingerprint density at radius 1 is 1.09 bits per heavy atom. The summed E-state index contributed by atoms with van der Waals surface area (Å²) >= 11 is 1.46. The molecule has 0 spiro atoms. The monoisotopic (exact) mass is 317 g/mol. The first-order chi connectivity index (χ1) is 10.5. The molecule has 2 aromatic rings. The van der Waals surface area contributed by atoms with E-state index in [1.54, 1.807) is 19.0 Å². The van der Waals surface area contributed by atoms with Crippen LogP contribution in [-0.2, 0) is 0 Å². The lowest BCUT2D eigenvalue weighted by Crippen LogP contribution is -2.28. The van der Waals surface area contributed by atoms with Crippen molar-refractivity contribution in [3.8, 4) is 10.4 Å². The fourth-order valence-corrected chi connectivity index (χ4v) is 2.91. The van der Waals surface area contributed by atoms with Crippen molar-refractivity contribution in [3.63, 3.8) is 0 Å². The zero-order chi connectivity index (χ0) is 16.1. The molecule has 22 heavy (non-hydrogen) atoms. The lowest BCUT2D eigenvalue weighted by Gasteiger charge is -2.07. The number of carbonyl (C=O) groups is 2. The van der Waals surface area contributed by atoms with Gasteiger partial charge in [0.2, 0.25) is 0 Å². The van der Waals surface area contributed by atoms with E-state index in [4.69, 9.17) is 0 Å². The second-order valence-corrected chi connectivity index (χ2v) is 6.01. The molecule has 0 atom stereocenters. The van der Waals surface area contributed by atoms with Gasteiger partial charge in [-0.05, 0) is 36.8 Å². The summed E-state index contributed by atoms with van der Waals surface area (Å²) in [6, 6.07) is 11.1. The molecule has 116 valence electrons. The standard InChI is InChI=1S/C16H19N3O2S/c1-4-17-16(21)18-12-7-5-11(6-8-12)13-9-10-14(22-13)15(20)19(2)3/h5-10H,4H2,1-3H3,(H2,17,18,21). The zero-order valence-electron chi connectivity index (χ0n) is 12.8. The molecule has 0 fully saturated rings. The predicted molar refractivity (Wildman–Crippen MR) is 90.5 cm³/mol. The van der Waals surface area contributed by atoms with E-state index in [1.165, 1.54) is 11.3 Å². The zero-order valence-corrected chi connectivity index (χ0v) is 13.7. The first-order valence-corrected chi connectivity index (χ1v) is 7.79. The van der Waals surface area contributed by atoms with Crippen LogP contribution in [0.3, 0.4) is 0 Å². The van der Waals surface area contributed by atoms with Crippen LogP contribution in [-0.4, -0.2) is 37.5 Å². The second kappa shape index (κ2) is 7.09. The predicted octanol–water partition coefficient (Wildman–Crippen LogP) is 3.26. The number of amides is 3. The number of anilines is 1. The molecule has 0 unspecified atom stereocenters. The maximum atomic E-state index is 11.9. The van der Waals surface area contributed by atoms with Gasteiger partial charge in [0, 0.05) is 31.2 Å². The van der Waals surface area contributed by atoms with Crippen molar-refractivity contribution in [2.24, 2.45) is 0 Å². The van der Waals surface area contributed by atoms with Crippen LogP contribution < -0.4 is 10.6 Å². The van der Waals surface area contributed by atoms with E-state index in [2.05, 4.69) is 10.6 Å². The van der Waals surface area contributed by atoms with Crippen molar-refractivity contribution in [1.82, 2.24) is 10.2 Å². The number of thiophene rings is 1. The highest BCUT2D eigenvalue weighted by Crippen LogP contribution is 2.29. The SMILES string of the molecule is CCNC(=O)Nc1ccc(-c2ccc(C(=O)N(C)C)s2)cc1. The molecule has 0 aliphatic rings. The first-order valence-electron chi connectivity index (χ1n) is 6.98. The largest absolute Gasteiger partial charge is 0.344 e. The van der Waals surface area contributed by atoms with Gasteiger partial charge in [0.25, 0.3) is 5.91 Å². The van der Waals surface area contributed by atoms with Crippen molar-refractivity contribution >= 4 is 29.0 Å². The Morgan fingerprint density at radius 3 is 2.36 bits per heavy atom. The maximum absolute atomic E-state index is 11.9. The van der Waals surface area contributed by atoms with Crippen LogP contribution in [0.5, 0.6) is 0 Å². The molecule has 0 saturated carbocycles. The summed E-state index contributed by atoms with van der Waals surface area (Å²) in [7, 11) is 3.48. The van der Waals surface area contributed by atoms with Gasteiger partial charge in [0.1, 0.15) is 0 Å². The van der Waals surface area contributed by atoms with E-state index >= 15 is 0 Å². The number of rotatable bonds is 4. The van der Waals surface area contributed by atoms with Gasteiger partial charge in [0.05, 0.1) is 4.88 Å². The number of nitrogens with zero attached hydrogens (tertiary/aromatic N) is 1. The van der Waals surface area contributed by atoms with Crippen LogP contribution in [0.25, 0.3) is 10.4 Å². The van der Waals surface area contributed by atoms with Gasteiger partial charge in [-0.2, -0.15) is 0 Å². The average molecular weight is 317 g/mol. The van der Waals surface area contributed by atoms with Crippen molar-refractivity contribution < 1.29 is 9.59 Å². The summed E-state index contributed by atoms with van der Waals surface area (Å²) in [5.41, 5.74) is 1.75. The Labute approximate surface area is 134 Å². The molecule has 5 nitrogen and oxygen atoms in total. The van der Waals surface area contributed by atoms with E-state index in [0.29, 0.717) is 11.4 Å². The van der Waals surface area contributed by atoms with Crippen molar-refractivity contribution in [3.05, 3.63) is 41.3 Å². The van der Waals surface area contributed by atoms with E-state index in [1.807, 2.05) is 43.3 Å². The summed E-state index contributed by atoms with van der Waals surface area (Å²) in [5.74, 6) is 0.00535. The van der Waals surface area contributed by atoms with Crippen molar-refractivity contribution in [2.45, 2.75) is 6.92 Å². The number of hydrogen-bond donors (Lipinski definition) is 2. The molecule has 0 aliphatic carbocycles. The molecule has 0 radical (unpaired) electrons. The van der Waals surface area contributed by atoms with Crippen LogP contribution in [0.4, 0.5) is 10.5 Å². The molecule has 1 aromatic heterocycles. The Hall–Kier alpha value is -2.34. The van der Waals surface area contributed by atoms with Gasteiger partial charge in [-0.15, -0.1) is 11.3 Å². The van der Waals surface area contributed by atoms with Crippen LogP contribution in [0.1, 0.15) is 16.6 Å². The van der Waals surface area contributed by atoms with Gasteiger partial charge in [-0.25, -0.2) is 4.79 Å². The molecule has 0 saturated heterocycles. The van der Waals surface area contributed by atoms with Crippen LogP contribution >= 0.6 is 11.3 Å². The van der Waals surface area contributed by atoms with Crippen molar-refractivity contribution in [2.75, 3.05) is 26.0 Å². The fraction of sp³-hybridized carbons (Fsp3) is 0.250. The molecule has 2 N–H and O–H groups in total. The minimum Gasteiger partial charge on any atom is -0.344 e. The minimum atomic E-state index is -0.217. The third kappa shape index (κ3) is 3.85. The second-order valence-electron chi connectivity index (χ2n) is 4.93. The van der Waals surface area contributed by atoms with E-state index in [9.17, 15) is 9.59 Å². The highest BCUT2D eigenvalue weighted by Gasteiger charge is 2.12. The number of urea groups is 1. The summed E-state index contributed by atoms with van der Waals surface area (Å²) < 4.78 is 0. The molecule has 0 aliphatic heterocycles. The number of carbonyl (C=O) groups excluding carboxylic acids is 2. The molecule has 3 amide bonds. The van der Waals surface area contributed by atoms with Crippen molar-refractivity contribution in [1.29, 1.82) is 0 Å². The third-order valence-electron chi connectivity index (χ3n) is 2.99. The Balaban J connectivity index is 2.10. The smallest absolute Gasteiger partial charge is 0.319 e. The highest BCUT2D eigenvalue weighted by molar-refractivity contribution is 7.17. The lowest BCUT2D eigenvalue weighted by atomic mass is 10.2. The minimum absolute atomic E-state index is 0.00535. The van der Waals surface area contributed by atoms with Gasteiger partial charge in [-0.3, -0.25) is 4.79 Å². The van der Waals surface area contributed by atoms with E-state index < -0.39 is 0 Å². The summed E-state index contributed by atoms with van der Waals surface area (Å²) in [6.45, 7) is 2.45. The summed E-state index contributed by atoms with van der Waals surface area (Å²) in [5, 5.41) is 5.43. The first kappa shape index (κ1) is 16.0. The number of benzene rings is 1. The quantitative estimate of drug-likeness (QED) is 0.909. The molecular formula is C16H19N3O2S. The Kier molecular flexibility index (Phi) is 5.16. The number of nitrogens with one attached hydrogen (secondary N) is 2. The summed E-state index contributed by atoms with van der Waals surface area (Å²) in [4.78, 5) is 26.7. The third-order valence-corrected chi connectivity index (χ3v) is 4.11. The number of hydrogen-bond acceptors (Lipinski definition) is 3. The Bertz CT molecular complexity index is 662. The molecule has 1 heterocycles. The summed E-state index contributed by atoms with van der Waals surface area (Å²) in [6.07, 6.45) is 0. The lowest BCUT2D eigenvalue weighted by molar-refractivity contribution is 0.0832. The normalized spacial score (nSPS) is 10.1. The van der Waals surface area contributed by atoms with Gasteiger partial charge >= 0.3 is 6.03 Å². The van der Waals surface area contributed by atoms with Crippen LogP contribution in [0.2, 0.25) is 0 Å². The van der Waals surface area contributed by atoms with E-state index in [0.717, 1.165) is 16.1 Å². The average Bonchev–Trinajstić information content (AvgIpc) is 2.97. The molecule has 6 heteroatoms. The topological polar surface area (TPSA) is 61.4 Å². The Morgan fingerprint density at radius 2 is 1.77 bits per heavy atom.